The summed E-state index contributed by atoms with van der Waals surface area (Å²) < 4.78 is 45.1. The first-order valence-electron chi connectivity index (χ1n) is 8.71. The van der Waals surface area contributed by atoms with E-state index in [1.54, 1.807) is 12.1 Å². The Kier molecular flexibility index (Phi) is 5.46. The van der Waals surface area contributed by atoms with Crippen molar-refractivity contribution in [3.05, 3.63) is 54.1 Å². The second-order valence-electron chi connectivity index (χ2n) is 7.08. The summed E-state index contributed by atoms with van der Waals surface area (Å²) in [6.45, 7) is 4.23. The van der Waals surface area contributed by atoms with Gasteiger partial charge in [0, 0.05) is 12.6 Å². The summed E-state index contributed by atoms with van der Waals surface area (Å²) in [6, 6.07) is 14.4. The molecule has 0 aliphatic carbocycles. The van der Waals surface area contributed by atoms with Crippen LogP contribution in [0.2, 0.25) is 0 Å². The fourth-order valence-electron chi connectivity index (χ4n) is 3.22. The third kappa shape index (κ3) is 3.81. The smallest absolute Gasteiger partial charge is 0.247 e. The van der Waals surface area contributed by atoms with E-state index < -0.39 is 15.6 Å². The predicted molar refractivity (Wildman–Crippen MR) is 103 cm³/mol. The molecule has 0 saturated carbocycles. The molecule has 146 valence electrons. The molecule has 0 aromatic heterocycles. The van der Waals surface area contributed by atoms with Crippen LogP contribution in [-0.4, -0.2) is 45.6 Å². The summed E-state index contributed by atoms with van der Waals surface area (Å²) in [5, 5.41) is 0. The number of methoxy groups -OCH3 is 2. The predicted octanol–water partition coefficient (Wildman–Crippen LogP) is 3.24. The molecule has 0 amide bonds. The van der Waals surface area contributed by atoms with E-state index >= 15 is 0 Å². The second-order valence-corrected chi connectivity index (χ2v) is 8.91. The molecular formula is C20H25NO5S. The highest BCUT2D eigenvalue weighted by Gasteiger charge is 2.44. The van der Waals surface area contributed by atoms with Crippen molar-refractivity contribution in [3.63, 3.8) is 0 Å². The van der Waals surface area contributed by atoms with Crippen LogP contribution in [0, 0.1) is 0 Å². The van der Waals surface area contributed by atoms with Crippen LogP contribution >= 0.6 is 0 Å². The van der Waals surface area contributed by atoms with E-state index in [0.717, 1.165) is 5.56 Å². The summed E-state index contributed by atoms with van der Waals surface area (Å²) in [4.78, 5) is 0.0890. The number of nitrogens with zero attached hydrogens (tertiary/aromatic N) is 1. The van der Waals surface area contributed by atoms with Crippen LogP contribution in [0.4, 0.5) is 0 Å². The first-order valence-corrected chi connectivity index (χ1v) is 10.1. The van der Waals surface area contributed by atoms with Gasteiger partial charge in [0.25, 0.3) is 0 Å². The Morgan fingerprint density at radius 3 is 2.41 bits per heavy atom. The van der Waals surface area contributed by atoms with Crippen molar-refractivity contribution < 1.29 is 22.6 Å². The monoisotopic (exact) mass is 391 g/mol. The Morgan fingerprint density at radius 1 is 1.07 bits per heavy atom. The first kappa shape index (κ1) is 19.7. The molecule has 3 rings (SSSR count). The highest BCUT2D eigenvalue weighted by Crippen LogP contribution is 2.38. The molecule has 1 saturated heterocycles. The molecule has 0 bridgehead atoms. The van der Waals surface area contributed by atoms with Crippen LogP contribution < -0.4 is 9.47 Å². The van der Waals surface area contributed by atoms with Crippen molar-refractivity contribution in [2.75, 3.05) is 27.4 Å². The molecule has 27 heavy (non-hydrogen) atoms. The zero-order valence-electron chi connectivity index (χ0n) is 16.0. The summed E-state index contributed by atoms with van der Waals surface area (Å²) in [5.74, 6) is 0.745. The van der Waals surface area contributed by atoms with Gasteiger partial charge in [-0.1, -0.05) is 30.3 Å². The Morgan fingerprint density at radius 2 is 1.78 bits per heavy atom. The van der Waals surface area contributed by atoms with Crippen LogP contribution in [0.25, 0.3) is 0 Å². The van der Waals surface area contributed by atoms with Crippen LogP contribution in [0.15, 0.2) is 53.4 Å². The molecule has 1 aliphatic heterocycles. The molecule has 0 N–H and O–H groups in total. The van der Waals surface area contributed by atoms with Crippen LogP contribution in [-0.2, 0) is 14.8 Å². The zero-order valence-corrected chi connectivity index (χ0v) is 16.8. The molecule has 7 heteroatoms. The normalized spacial score (nSPS) is 20.2. The Bertz CT molecular complexity index is 896. The molecule has 0 spiro atoms. The highest BCUT2D eigenvalue weighted by molar-refractivity contribution is 7.89. The van der Waals surface area contributed by atoms with Crippen molar-refractivity contribution in [1.29, 1.82) is 0 Å². The number of sulfonamides is 1. The molecule has 1 heterocycles. The van der Waals surface area contributed by atoms with Crippen molar-refractivity contribution in [2.24, 2.45) is 0 Å². The molecule has 2 aromatic rings. The summed E-state index contributed by atoms with van der Waals surface area (Å²) in [6.07, 6.45) is -0.328. The molecule has 1 unspecified atom stereocenters. The van der Waals surface area contributed by atoms with Crippen LogP contribution in [0.3, 0.4) is 0 Å². The largest absolute Gasteiger partial charge is 0.497 e. The van der Waals surface area contributed by atoms with Gasteiger partial charge in [0.05, 0.1) is 32.5 Å². The van der Waals surface area contributed by atoms with Crippen molar-refractivity contribution in [2.45, 2.75) is 30.4 Å². The van der Waals surface area contributed by atoms with Gasteiger partial charge in [-0.3, -0.25) is 0 Å². The van der Waals surface area contributed by atoms with Gasteiger partial charge in [0.15, 0.2) is 0 Å². The van der Waals surface area contributed by atoms with Crippen molar-refractivity contribution in [1.82, 2.24) is 4.31 Å². The highest BCUT2D eigenvalue weighted by atomic mass is 32.2. The van der Waals surface area contributed by atoms with E-state index in [1.165, 1.54) is 24.6 Å². The van der Waals surface area contributed by atoms with Gasteiger partial charge < -0.3 is 14.2 Å². The van der Waals surface area contributed by atoms with Gasteiger partial charge in [-0.25, -0.2) is 8.42 Å². The maximum Gasteiger partial charge on any atom is 0.247 e. The van der Waals surface area contributed by atoms with Crippen molar-refractivity contribution in [3.8, 4) is 11.5 Å². The van der Waals surface area contributed by atoms with Gasteiger partial charge in [-0.2, -0.15) is 4.31 Å². The Labute approximate surface area is 160 Å². The quantitative estimate of drug-likeness (QED) is 0.783. The number of hydrogen-bond acceptors (Lipinski definition) is 5. The van der Waals surface area contributed by atoms with Gasteiger partial charge >= 0.3 is 0 Å². The lowest BCUT2D eigenvalue weighted by molar-refractivity contribution is -0.0655. The molecular weight excluding hydrogens is 366 g/mol. The Balaban J connectivity index is 2.03. The molecule has 1 atom stereocenters. The number of ether oxygens (including phenoxy) is 3. The van der Waals surface area contributed by atoms with E-state index in [9.17, 15) is 8.42 Å². The van der Waals surface area contributed by atoms with E-state index in [4.69, 9.17) is 14.2 Å². The van der Waals surface area contributed by atoms with Gasteiger partial charge in [0.2, 0.25) is 10.0 Å². The second kappa shape index (κ2) is 7.50. The maximum absolute atomic E-state index is 13.6. The fraction of sp³-hybridized carbons (Fsp3) is 0.400. The van der Waals surface area contributed by atoms with E-state index in [2.05, 4.69) is 0 Å². The minimum atomic E-state index is -3.84. The summed E-state index contributed by atoms with van der Waals surface area (Å²) >= 11 is 0. The van der Waals surface area contributed by atoms with Crippen molar-refractivity contribution >= 4 is 10.0 Å². The first-order chi connectivity index (χ1) is 12.8. The van der Waals surface area contributed by atoms with Crippen LogP contribution in [0.5, 0.6) is 11.5 Å². The SMILES string of the molecule is COc1ccc(OC)c(S(=O)(=O)N2CC(c3ccccc3)OCC2(C)C)c1. The number of rotatable bonds is 5. The van der Waals surface area contributed by atoms with Gasteiger partial charge in [-0.05, 0) is 31.5 Å². The molecule has 2 aromatic carbocycles. The zero-order chi connectivity index (χ0) is 19.7. The summed E-state index contributed by atoms with van der Waals surface area (Å²) in [5.41, 5.74) is 0.254. The third-order valence-electron chi connectivity index (χ3n) is 4.75. The van der Waals surface area contributed by atoms with Crippen LogP contribution in [0.1, 0.15) is 25.5 Å². The molecule has 1 fully saturated rings. The van der Waals surface area contributed by atoms with E-state index in [0.29, 0.717) is 5.75 Å². The standard InChI is InChI=1S/C20H25NO5S/c1-20(2)14-26-18(15-8-6-5-7-9-15)13-21(20)27(22,23)19-12-16(24-3)10-11-17(19)25-4/h5-12,18H,13-14H2,1-4H3. The number of benzene rings is 2. The molecule has 6 nitrogen and oxygen atoms in total. The molecule has 0 radical (unpaired) electrons. The third-order valence-corrected chi connectivity index (χ3v) is 6.85. The lowest BCUT2D eigenvalue weighted by Crippen LogP contribution is -2.56. The van der Waals surface area contributed by atoms with E-state index in [1.807, 2.05) is 44.2 Å². The van der Waals surface area contributed by atoms with Gasteiger partial charge in [-0.15, -0.1) is 0 Å². The number of morpholine rings is 1. The summed E-state index contributed by atoms with van der Waals surface area (Å²) in [7, 11) is -0.879. The molecule has 1 aliphatic rings. The maximum atomic E-state index is 13.6. The average molecular weight is 391 g/mol. The topological polar surface area (TPSA) is 65.1 Å². The lowest BCUT2D eigenvalue weighted by Gasteiger charge is -2.44. The fourth-order valence-corrected chi connectivity index (χ4v) is 5.17. The lowest BCUT2D eigenvalue weighted by atomic mass is 10.0. The van der Waals surface area contributed by atoms with E-state index in [-0.39, 0.29) is 29.9 Å². The minimum Gasteiger partial charge on any atom is -0.497 e. The van der Waals surface area contributed by atoms with Gasteiger partial charge in [0.1, 0.15) is 16.4 Å². The average Bonchev–Trinajstić information content (AvgIpc) is 2.67. The number of hydrogen-bond donors (Lipinski definition) is 0. The minimum absolute atomic E-state index is 0.0890. The Hall–Kier alpha value is -2.09.